The summed E-state index contributed by atoms with van der Waals surface area (Å²) in [5.41, 5.74) is 1.10. The third-order valence-corrected chi connectivity index (χ3v) is 3.01. The number of hydrogen-bond donors (Lipinski definition) is 0. The Balaban J connectivity index is 2.07. The standard InChI is InChI=1S/C12H17FN2O/c1-2-15-8-10(3-4-12(15)16)7-14-6-5-11(13)9-14/h3-4,8,11H,2,5-7,9H2,1H3/t11-/m1/s1. The van der Waals surface area contributed by atoms with E-state index in [1.165, 1.54) is 0 Å². The molecule has 4 heteroatoms. The molecule has 1 saturated heterocycles. The first-order chi connectivity index (χ1) is 7.69. The number of aryl methyl sites for hydroxylation is 1. The molecule has 2 heterocycles. The Kier molecular flexibility index (Phi) is 3.39. The molecule has 1 aromatic heterocycles. The second-order valence-electron chi connectivity index (χ2n) is 4.28. The maximum Gasteiger partial charge on any atom is 0.250 e. The van der Waals surface area contributed by atoms with Crippen LogP contribution in [0.4, 0.5) is 4.39 Å². The third-order valence-electron chi connectivity index (χ3n) is 3.01. The van der Waals surface area contributed by atoms with Gasteiger partial charge in [0.15, 0.2) is 0 Å². The highest BCUT2D eigenvalue weighted by Crippen LogP contribution is 2.14. The van der Waals surface area contributed by atoms with Crippen molar-refractivity contribution in [1.82, 2.24) is 9.47 Å². The molecule has 1 atom stereocenters. The van der Waals surface area contributed by atoms with Crippen molar-refractivity contribution in [3.8, 4) is 0 Å². The fraction of sp³-hybridized carbons (Fsp3) is 0.583. The highest BCUT2D eigenvalue weighted by molar-refractivity contribution is 5.10. The van der Waals surface area contributed by atoms with Gasteiger partial charge in [-0.05, 0) is 18.9 Å². The molecule has 0 unspecified atom stereocenters. The maximum atomic E-state index is 13.0. The number of hydrogen-bond acceptors (Lipinski definition) is 2. The van der Waals surface area contributed by atoms with Crippen molar-refractivity contribution in [1.29, 1.82) is 0 Å². The summed E-state index contributed by atoms with van der Waals surface area (Å²) in [4.78, 5) is 13.5. The van der Waals surface area contributed by atoms with Gasteiger partial charge in [0.05, 0.1) is 0 Å². The van der Waals surface area contributed by atoms with Gasteiger partial charge in [0.25, 0.3) is 5.56 Å². The van der Waals surface area contributed by atoms with Gasteiger partial charge in [-0.15, -0.1) is 0 Å². The molecule has 1 aromatic rings. The second kappa shape index (κ2) is 4.78. The fourth-order valence-electron chi connectivity index (χ4n) is 2.11. The molecule has 3 nitrogen and oxygen atoms in total. The summed E-state index contributed by atoms with van der Waals surface area (Å²) in [6.07, 6.45) is 1.82. The molecule has 0 aliphatic carbocycles. The molecule has 0 aromatic carbocycles. The number of rotatable bonds is 3. The number of alkyl halides is 1. The van der Waals surface area contributed by atoms with Gasteiger partial charge in [0.2, 0.25) is 0 Å². The Morgan fingerprint density at radius 2 is 2.31 bits per heavy atom. The van der Waals surface area contributed by atoms with E-state index in [-0.39, 0.29) is 5.56 Å². The molecule has 1 aliphatic rings. The zero-order chi connectivity index (χ0) is 11.5. The Labute approximate surface area is 94.5 Å². The molecule has 16 heavy (non-hydrogen) atoms. The van der Waals surface area contributed by atoms with Gasteiger partial charge in [-0.25, -0.2) is 4.39 Å². The molecule has 2 rings (SSSR count). The minimum Gasteiger partial charge on any atom is -0.315 e. The highest BCUT2D eigenvalue weighted by atomic mass is 19.1. The highest BCUT2D eigenvalue weighted by Gasteiger charge is 2.21. The van der Waals surface area contributed by atoms with Crippen molar-refractivity contribution in [2.24, 2.45) is 0 Å². The van der Waals surface area contributed by atoms with Crippen LogP contribution < -0.4 is 5.56 Å². The van der Waals surface area contributed by atoms with Crippen LogP contribution in [0.2, 0.25) is 0 Å². The largest absolute Gasteiger partial charge is 0.315 e. The minimum absolute atomic E-state index is 0.0241. The van der Waals surface area contributed by atoms with Crippen LogP contribution in [0, 0.1) is 0 Å². The Hall–Kier alpha value is -1.16. The monoisotopic (exact) mass is 224 g/mol. The van der Waals surface area contributed by atoms with Crippen LogP contribution >= 0.6 is 0 Å². The number of pyridine rings is 1. The lowest BCUT2D eigenvalue weighted by molar-refractivity contribution is 0.282. The number of halogens is 1. The van der Waals surface area contributed by atoms with Gasteiger partial charge in [-0.2, -0.15) is 0 Å². The van der Waals surface area contributed by atoms with Crippen LogP contribution in [0.1, 0.15) is 18.9 Å². The van der Waals surface area contributed by atoms with E-state index in [1.54, 1.807) is 10.6 Å². The van der Waals surface area contributed by atoms with E-state index in [9.17, 15) is 9.18 Å². The Morgan fingerprint density at radius 3 is 2.94 bits per heavy atom. The van der Waals surface area contributed by atoms with Gasteiger partial charge in [-0.1, -0.05) is 6.07 Å². The molecular weight excluding hydrogens is 207 g/mol. The van der Waals surface area contributed by atoms with Gasteiger partial charge >= 0.3 is 0 Å². The molecular formula is C12H17FN2O. The van der Waals surface area contributed by atoms with Crippen molar-refractivity contribution in [3.63, 3.8) is 0 Å². The molecule has 0 bridgehead atoms. The smallest absolute Gasteiger partial charge is 0.250 e. The first kappa shape index (κ1) is 11.3. The zero-order valence-electron chi connectivity index (χ0n) is 9.53. The van der Waals surface area contributed by atoms with E-state index in [1.807, 2.05) is 19.2 Å². The predicted molar refractivity (Wildman–Crippen MR) is 61.2 cm³/mol. The molecule has 1 fully saturated rings. The van der Waals surface area contributed by atoms with Gasteiger partial charge < -0.3 is 4.57 Å². The molecule has 0 spiro atoms. The van der Waals surface area contributed by atoms with Gasteiger partial charge in [-0.3, -0.25) is 9.69 Å². The van der Waals surface area contributed by atoms with Crippen molar-refractivity contribution in [2.75, 3.05) is 13.1 Å². The summed E-state index contributed by atoms with van der Waals surface area (Å²) in [6, 6.07) is 3.42. The van der Waals surface area contributed by atoms with Crippen molar-refractivity contribution >= 4 is 0 Å². The zero-order valence-corrected chi connectivity index (χ0v) is 9.53. The van der Waals surface area contributed by atoms with E-state index in [0.29, 0.717) is 19.5 Å². The lowest BCUT2D eigenvalue weighted by atomic mass is 10.2. The molecule has 0 saturated carbocycles. The average molecular weight is 224 g/mol. The van der Waals surface area contributed by atoms with Gasteiger partial charge in [0.1, 0.15) is 6.17 Å². The van der Waals surface area contributed by atoms with E-state index in [0.717, 1.165) is 18.7 Å². The summed E-state index contributed by atoms with van der Waals surface area (Å²) >= 11 is 0. The fourth-order valence-corrected chi connectivity index (χ4v) is 2.11. The average Bonchev–Trinajstić information content (AvgIpc) is 2.67. The Bertz CT molecular complexity index is 416. The van der Waals surface area contributed by atoms with Crippen LogP contribution in [0.25, 0.3) is 0 Å². The van der Waals surface area contributed by atoms with Crippen LogP contribution in [-0.4, -0.2) is 28.7 Å². The molecule has 1 aliphatic heterocycles. The van der Waals surface area contributed by atoms with Crippen LogP contribution in [0.15, 0.2) is 23.1 Å². The van der Waals surface area contributed by atoms with Crippen molar-refractivity contribution in [2.45, 2.75) is 32.6 Å². The number of nitrogens with zero attached hydrogens (tertiary/aromatic N) is 2. The quantitative estimate of drug-likeness (QED) is 0.775. The Morgan fingerprint density at radius 1 is 1.50 bits per heavy atom. The van der Waals surface area contributed by atoms with Crippen molar-refractivity contribution in [3.05, 3.63) is 34.2 Å². The summed E-state index contributed by atoms with van der Waals surface area (Å²) in [5.74, 6) is 0. The van der Waals surface area contributed by atoms with E-state index in [4.69, 9.17) is 0 Å². The van der Waals surface area contributed by atoms with Crippen LogP contribution in [-0.2, 0) is 13.1 Å². The van der Waals surface area contributed by atoms with Gasteiger partial charge in [0, 0.05) is 38.4 Å². The molecule has 0 N–H and O–H groups in total. The van der Waals surface area contributed by atoms with E-state index < -0.39 is 6.17 Å². The third kappa shape index (κ3) is 2.50. The number of likely N-dealkylation sites (tertiary alicyclic amines) is 1. The topological polar surface area (TPSA) is 25.2 Å². The van der Waals surface area contributed by atoms with Crippen molar-refractivity contribution < 1.29 is 4.39 Å². The molecule has 0 amide bonds. The molecule has 88 valence electrons. The maximum absolute atomic E-state index is 13.0. The van der Waals surface area contributed by atoms with Crippen LogP contribution in [0.3, 0.4) is 0 Å². The lowest BCUT2D eigenvalue weighted by Crippen LogP contribution is -2.23. The first-order valence-electron chi connectivity index (χ1n) is 5.75. The molecule has 0 radical (unpaired) electrons. The summed E-state index contributed by atoms with van der Waals surface area (Å²) in [7, 11) is 0. The lowest BCUT2D eigenvalue weighted by Gasteiger charge is -2.15. The van der Waals surface area contributed by atoms with E-state index >= 15 is 0 Å². The van der Waals surface area contributed by atoms with E-state index in [2.05, 4.69) is 4.90 Å². The minimum atomic E-state index is -0.683. The van der Waals surface area contributed by atoms with Crippen LogP contribution in [0.5, 0.6) is 0 Å². The summed E-state index contributed by atoms with van der Waals surface area (Å²) < 4.78 is 14.7. The summed E-state index contributed by atoms with van der Waals surface area (Å²) in [6.45, 7) is 4.69. The summed E-state index contributed by atoms with van der Waals surface area (Å²) in [5, 5.41) is 0. The number of aromatic nitrogens is 1. The predicted octanol–water partition coefficient (Wildman–Crippen LogP) is 1.41. The normalized spacial score (nSPS) is 21.5. The first-order valence-corrected chi connectivity index (χ1v) is 5.75. The SMILES string of the molecule is CCn1cc(CN2CC[C@@H](F)C2)ccc1=O. The second-order valence-corrected chi connectivity index (χ2v) is 4.28.